The lowest BCUT2D eigenvalue weighted by Gasteiger charge is -2.37. The van der Waals surface area contributed by atoms with Gasteiger partial charge in [0.1, 0.15) is 5.54 Å². The monoisotopic (exact) mass is 284 g/mol. The summed E-state index contributed by atoms with van der Waals surface area (Å²) < 4.78 is 10.6. The molecule has 0 aromatic rings. The molecule has 1 saturated heterocycles. The number of esters is 1. The lowest BCUT2D eigenvalue weighted by molar-refractivity contribution is -0.148. The van der Waals surface area contributed by atoms with E-state index in [1.165, 1.54) is 7.11 Å². The molecule has 2 aliphatic rings. The summed E-state index contributed by atoms with van der Waals surface area (Å²) in [6, 6.07) is 0. The predicted molar refractivity (Wildman–Crippen MR) is 77.3 cm³/mol. The van der Waals surface area contributed by atoms with Crippen molar-refractivity contribution in [3.8, 4) is 0 Å². The van der Waals surface area contributed by atoms with Crippen LogP contribution in [0.25, 0.3) is 0 Å². The van der Waals surface area contributed by atoms with Gasteiger partial charge >= 0.3 is 5.97 Å². The number of hydrogen-bond acceptors (Lipinski definition) is 5. The molecule has 1 saturated carbocycles. The Balaban J connectivity index is 1.88. The molecule has 2 fully saturated rings. The quantitative estimate of drug-likeness (QED) is 0.785. The third-order valence-electron chi connectivity index (χ3n) is 4.73. The third kappa shape index (κ3) is 3.32. The molecule has 0 spiro atoms. The van der Waals surface area contributed by atoms with Crippen molar-refractivity contribution in [3.63, 3.8) is 0 Å². The summed E-state index contributed by atoms with van der Waals surface area (Å²) in [6.07, 6.45) is 4.33. The minimum atomic E-state index is -0.766. The Bertz CT molecular complexity index is 340. The average molecular weight is 284 g/mol. The molecule has 0 aromatic carbocycles. The zero-order chi connectivity index (χ0) is 14.8. The van der Waals surface area contributed by atoms with E-state index in [0.29, 0.717) is 0 Å². The Labute approximate surface area is 121 Å². The second kappa shape index (κ2) is 6.41. The topological polar surface area (TPSA) is 64.8 Å². The second-order valence-corrected chi connectivity index (χ2v) is 6.43. The Morgan fingerprint density at radius 2 is 2.05 bits per heavy atom. The third-order valence-corrected chi connectivity index (χ3v) is 4.73. The maximum atomic E-state index is 11.9. The first-order valence-electron chi connectivity index (χ1n) is 7.71. The summed E-state index contributed by atoms with van der Waals surface area (Å²) in [6.45, 7) is 7.14. The van der Waals surface area contributed by atoms with Crippen LogP contribution < -0.4 is 5.73 Å². The smallest absolute Gasteiger partial charge is 0.326 e. The highest BCUT2D eigenvalue weighted by atomic mass is 16.5. The molecule has 0 bridgehead atoms. The molecule has 20 heavy (non-hydrogen) atoms. The van der Waals surface area contributed by atoms with Crippen LogP contribution in [-0.2, 0) is 14.3 Å². The van der Waals surface area contributed by atoms with Crippen molar-refractivity contribution in [1.82, 2.24) is 4.90 Å². The van der Waals surface area contributed by atoms with Crippen LogP contribution >= 0.6 is 0 Å². The van der Waals surface area contributed by atoms with Crippen LogP contribution in [0.3, 0.4) is 0 Å². The maximum absolute atomic E-state index is 11.9. The minimum Gasteiger partial charge on any atom is -0.468 e. The molecule has 0 radical (unpaired) electrons. The van der Waals surface area contributed by atoms with Crippen molar-refractivity contribution in [2.75, 3.05) is 26.7 Å². The molecule has 2 N–H and O–H groups in total. The number of methoxy groups -OCH3 is 1. The number of rotatable bonds is 4. The second-order valence-electron chi connectivity index (χ2n) is 6.43. The summed E-state index contributed by atoms with van der Waals surface area (Å²) in [5, 5.41) is 0. The molecule has 2 unspecified atom stereocenters. The van der Waals surface area contributed by atoms with Crippen LogP contribution in [0.15, 0.2) is 0 Å². The normalized spacial score (nSPS) is 38.9. The Kier molecular flexibility index (Phi) is 5.04. The summed E-state index contributed by atoms with van der Waals surface area (Å²) in [7, 11) is 1.43. The van der Waals surface area contributed by atoms with E-state index in [1.54, 1.807) is 0 Å². The lowest BCUT2D eigenvalue weighted by Crippen LogP contribution is -2.53. The van der Waals surface area contributed by atoms with Crippen molar-refractivity contribution in [3.05, 3.63) is 0 Å². The van der Waals surface area contributed by atoms with Crippen LogP contribution in [-0.4, -0.2) is 55.4 Å². The Morgan fingerprint density at radius 1 is 1.40 bits per heavy atom. The van der Waals surface area contributed by atoms with Crippen molar-refractivity contribution in [2.45, 2.75) is 57.3 Å². The number of morpholine rings is 1. The highest BCUT2D eigenvalue weighted by Crippen LogP contribution is 2.37. The Morgan fingerprint density at radius 3 is 2.65 bits per heavy atom. The van der Waals surface area contributed by atoms with E-state index >= 15 is 0 Å². The fraction of sp³-hybridized carbons (Fsp3) is 0.933. The average Bonchev–Trinajstić information content (AvgIpc) is 2.77. The number of carbonyl (C=O) groups excluding carboxylic acids is 1. The van der Waals surface area contributed by atoms with Gasteiger partial charge in [-0.1, -0.05) is 6.42 Å². The van der Waals surface area contributed by atoms with Crippen molar-refractivity contribution in [1.29, 1.82) is 0 Å². The predicted octanol–water partition coefficient (Wildman–Crippen LogP) is 1.16. The van der Waals surface area contributed by atoms with Crippen LogP contribution in [0.5, 0.6) is 0 Å². The molecule has 5 nitrogen and oxygen atoms in total. The van der Waals surface area contributed by atoms with Gasteiger partial charge in [-0.2, -0.15) is 0 Å². The molecule has 1 aliphatic heterocycles. The molecule has 2 rings (SSSR count). The lowest BCUT2D eigenvalue weighted by atomic mass is 9.85. The summed E-state index contributed by atoms with van der Waals surface area (Å²) in [5.41, 5.74) is 5.54. The van der Waals surface area contributed by atoms with E-state index < -0.39 is 5.54 Å². The van der Waals surface area contributed by atoms with Crippen LogP contribution in [0.4, 0.5) is 0 Å². The van der Waals surface area contributed by atoms with E-state index in [2.05, 4.69) is 18.7 Å². The van der Waals surface area contributed by atoms with Crippen molar-refractivity contribution in [2.24, 2.45) is 11.7 Å². The van der Waals surface area contributed by atoms with Crippen molar-refractivity contribution >= 4 is 5.97 Å². The number of nitrogens with zero attached hydrogens (tertiary/aromatic N) is 1. The highest BCUT2D eigenvalue weighted by molar-refractivity contribution is 5.81. The standard InChI is InChI=1S/C15H28N2O3/c1-11-9-17(10-12(2)20-11)8-6-13-5-4-7-15(13,16)14(18)19-3/h11-13H,4-10,16H2,1-3H3/t11-,12+,13?,15?. The molecule has 1 heterocycles. The molecule has 116 valence electrons. The van der Waals surface area contributed by atoms with Gasteiger partial charge in [0.15, 0.2) is 0 Å². The zero-order valence-corrected chi connectivity index (χ0v) is 12.9. The number of carbonyl (C=O) groups is 1. The number of ether oxygens (including phenoxy) is 2. The largest absolute Gasteiger partial charge is 0.468 e. The van der Waals surface area contributed by atoms with E-state index in [1.807, 2.05) is 0 Å². The summed E-state index contributed by atoms with van der Waals surface area (Å²) in [5.74, 6) is -0.00730. The molecule has 4 atom stereocenters. The van der Waals surface area contributed by atoms with Gasteiger partial charge in [-0.25, -0.2) is 0 Å². The van der Waals surface area contributed by atoms with Gasteiger partial charge in [-0.05, 0) is 45.6 Å². The maximum Gasteiger partial charge on any atom is 0.326 e. The molecule has 0 aromatic heterocycles. The van der Waals surface area contributed by atoms with Gasteiger partial charge in [-0.3, -0.25) is 9.69 Å². The van der Waals surface area contributed by atoms with Gasteiger partial charge in [0, 0.05) is 13.1 Å². The van der Waals surface area contributed by atoms with Crippen LogP contribution in [0.2, 0.25) is 0 Å². The van der Waals surface area contributed by atoms with Crippen molar-refractivity contribution < 1.29 is 14.3 Å². The summed E-state index contributed by atoms with van der Waals surface area (Å²) >= 11 is 0. The fourth-order valence-electron chi connectivity index (χ4n) is 3.77. The van der Waals surface area contributed by atoms with Crippen LogP contribution in [0.1, 0.15) is 39.5 Å². The minimum absolute atomic E-state index is 0.239. The SMILES string of the molecule is COC(=O)C1(N)CCCC1CCN1C[C@@H](C)O[C@@H](C)C1. The summed E-state index contributed by atoms with van der Waals surface area (Å²) in [4.78, 5) is 14.3. The van der Waals surface area contributed by atoms with Gasteiger partial charge in [0.25, 0.3) is 0 Å². The zero-order valence-electron chi connectivity index (χ0n) is 12.9. The first-order chi connectivity index (χ1) is 9.45. The van der Waals surface area contributed by atoms with Crippen LogP contribution in [0, 0.1) is 5.92 Å². The molecule has 1 aliphatic carbocycles. The van der Waals surface area contributed by atoms with E-state index in [9.17, 15) is 4.79 Å². The molecule has 5 heteroatoms. The number of hydrogen-bond donors (Lipinski definition) is 1. The van der Waals surface area contributed by atoms with Gasteiger partial charge in [0.2, 0.25) is 0 Å². The van der Waals surface area contributed by atoms with E-state index in [4.69, 9.17) is 15.2 Å². The van der Waals surface area contributed by atoms with E-state index in [0.717, 1.165) is 45.3 Å². The highest BCUT2D eigenvalue weighted by Gasteiger charge is 2.46. The molecular weight excluding hydrogens is 256 g/mol. The Hall–Kier alpha value is -0.650. The van der Waals surface area contributed by atoms with Gasteiger partial charge in [-0.15, -0.1) is 0 Å². The van der Waals surface area contributed by atoms with E-state index in [-0.39, 0.29) is 24.1 Å². The van der Waals surface area contributed by atoms with Gasteiger partial charge < -0.3 is 15.2 Å². The fourth-order valence-corrected chi connectivity index (χ4v) is 3.77. The first kappa shape index (κ1) is 15.7. The van der Waals surface area contributed by atoms with Gasteiger partial charge in [0.05, 0.1) is 19.3 Å². The first-order valence-corrected chi connectivity index (χ1v) is 7.71. The number of nitrogens with two attached hydrogens (primary N) is 1. The molecular formula is C15H28N2O3. The molecule has 0 amide bonds.